The largest absolute Gasteiger partial charge is 0.343 e. The molecule has 0 aliphatic rings. The third kappa shape index (κ3) is 2.12. The number of aromatic nitrogens is 3. The van der Waals surface area contributed by atoms with Gasteiger partial charge in [0.05, 0.1) is 11.3 Å². The van der Waals surface area contributed by atoms with Gasteiger partial charge < -0.3 is 4.98 Å². The van der Waals surface area contributed by atoms with Crippen LogP contribution in [-0.4, -0.2) is 15.0 Å². The molecule has 0 saturated carbocycles. The molecular weight excluding hydrogens is 220 g/mol. The average Bonchev–Trinajstić information content (AvgIpc) is 2.28. The van der Waals surface area contributed by atoms with Crippen molar-refractivity contribution in [2.75, 3.05) is 0 Å². The molecule has 0 aliphatic heterocycles. The number of nitrogens with zero attached hydrogens (tertiary/aromatic N) is 3. The second-order valence-electron chi connectivity index (χ2n) is 3.29. The van der Waals surface area contributed by atoms with Crippen LogP contribution in [0.15, 0.2) is 24.5 Å². The summed E-state index contributed by atoms with van der Waals surface area (Å²) in [6, 6.07) is 5.56. The molecule has 2 aromatic heterocycles. The van der Waals surface area contributed by atoms with Crippen molar-refractivity contribution < 1.29 is 0 Å². The van der Waals surface area contributed by atoms with E-state index in [-0.39, 0.29) is 0 Å². The highest BCUT2D eigenvalue weighted by molar-refractivity contribution is 7.71. The van der Waals surface area contributed by atoms with E-state index >= 15 is 0 Å². The van der Waals surface area contributed by atoms with Crippen LogP contribution in [0.3, 0.4) is 0 Å². The summed E-state index contributed by atoms with van der Waals surface area (Å²) in [7, 11) is 0. The minimum Gasteiger partial charge on any atom is -0.343 e. The molecule has 0 radical (unpaired) electrons. The van der Waals surface area contributed by atoms with Crippen molar-refractivity contribution in [1.29, 1.82) is 5.26 Å². The van der Waals surface area contributed by atoms with Crippen LogP contribution in [0.5, 0.6) is 0 Å². The van der Waals surface area contributed by atoms with Gasteiger partial charge in [0.15, 0.2) is 0 Å². The molecule has 2 aromatic rings. The number of aryl methyl sites for hydroxylation is 1. The van der Waals surface area contributed by atoms with Crippen molar-refractivity contribution in [2.45, 2.75) is 6.92 Å². The lowest BCUT2D eigenvalue weighted by atomic mass is 10.1. The summed E-state index contributed by atoms with van der Waals surface area (Å²) in [6.45, 7) is 1.83. The van der Waals surface area contributed by atoms with Gasteiger partial charge in [-0.25, -0.2) is 4.98 Å². The Bertz CT molecular complexity index is 624. The van der Waals surface area contributed by atoms with Crippen LogP contribution in [0, 0.1) is 22.9 Å². The van der Waals surface area contributed by atoms with E-state index in [0.717, 1.165) is 17.1 Å². The molecule has 0 aromatic carbocycles. The molecule has 2 rings (SSSR count). The molecule has 5 heteroatoms. The van der Waals surface area contributed by atoms with Crippen LogP contribution < -0.4 is 0 Å². The number of rotatable bonds is 1. The minimum atomic E-state index is 0.520. The Kier molecular flexibility index (Phi) is 2.75. The Balaban J connectivity index is 2.59. The molecule has 0 amide bonds. The van der Waals surface area contributed by atoms with Crippen molar-refractivity contribution >= 4 is 12.2 Å². The smallest absolute Gasteiger partial charge is 0.130 e. The first-order valence-corrected chi connectivity index (χ1v) is 5.03. The zero-order chi connectivity index (χ0) is 11.5. The predicted molar refractivity (Wildman–Crippen MR) is 62.1 cm³/mol. The number of hydrogen-bond donors (Lipinski definition) is 1. The van der Waals surface area contributed by atoms with Crippen molar-refractivity contribution in [3.05, 3.63) is 40.6 Å². The number of H-pyrrole nitrogens is 1. The average molecular weight is 228 g/mol. The molecule has 2 heterocycles. The number of pyridine rings is 1. The summed E-state index contributed by atoms with van der Waals surface area (Å²) >= 11 is 5.03. The summed E-state index contributed by atoms with van der Waals surface area (Å²) in [5.74, 6) is 0.741. The highest BCUT2D eigenvalue weighted by atomic mass is 32.1. The van der Waals surface area contributed by atoms with Gasteiger partial charge in [-0.3, -0.25) is 4.98 Å². The molecule has 0 fully saturated rings. The van der Waals surface area contributed by atoms with Gasteiger partial charge in [0, 0.05) is 18.0 Å². The molecule has 0 spiro atoms. The van der Waals surface area contributed by atoms with E-state index in [2.05, 4.69) is 15.0 Å². The van der Waals surface area contributed by atoms with Crippen molar-refractivity contribution in [3.63, 3.8) is 0 Å². The second-order valence-corrected chi connectivity index (χ2v) is 3.71. The molecule has 0 saturated heterocycles. The topological polar surface area (TPSA) is 65.4 Å². The third-order valence-electron chi connectivity index (χ3n) is 2.04. The van der Waals surface area contributed by atoms with Gasteiger partial charge in [-0.15, -0.1) is 0 Å². The van der Waals surface area contributed by atoms with Gasteiger partial charge >= 0.3 is 0 Å². The first kappa shape index (κ1) is 10.5. The summed E-state index contributed by atoms with van der Waals surface area (Å²) in [5.41, 5.74) is 2.17. The predicted octanol–water partition coefficient (Wildman–Crippen LogP) is 2.38. The number of aromatic amines is 1. The van der Waals surface area contributed by atoms with E-state index in [1.54, 1.807) is 18.3 Å². The minimum absolute atomic E-state index is 0.520. The van der Waals surface area contributed by atoms with Gasteiger partial charge in [0.1, 0.15) is 16.5 Å². The van der Waals surface area contributed by atoms with Gasteiger partial charge in [-0.05, 0) is 19.1 Å². The Labute approximate surface area is 97.6 Å². The molecule has 4 nitrogen and oxygen atoms in total. The molecule has 0 atom stereocenters. The van der Waals surface area contributed by atoms with Gasteiger partial charge in [0.2, 0.25) is 0 Å². The molecule has 1 N–H and O–H groups in total. The quantitative estimate of drug-likeness (QED) is 0.761. The summed E-state index contributed by atoms with van der Waals surface area (Å²) < 4.78 is 0.522. The third-order valence-corrected chi connectivity index (χ3v) is 2.25. The Morgan fingerprint density at radius 1 is 1.38 bits per heavy atom. The zero-order valence-electron chi connectivity index (χ0n) is 8.56. The van der Waals surface area contributed by atoms with Crippen LogP contribution in [-0.2, 0) is 0 Å². The van der Waals surface area contributed by atoms with Crippen molar-refractivity contribution in [2.24, 2.45) is 0 Å². The summed E-state index contributed by atoms with van der Waals surface area (Å²) in [4.78, 5) is 11.2. The fraction of sp³-hybridized carbons (Fsp3) is 0.0909. The first-order chi connectivity index (χ1) is 7.69. The van der Waals surface area contributed by atoms with Gasteiger partial charge in [0.25, 0.3) is 0 Å². The van der Waals surface area contributed by atoms with Crippen LogP contribution in [0.2, 0.25) is 0 Å². The van der Waals surface area contributed by atoms with Crippen molar-refractivity contribution in [3.8, 4) is 17.3 Å². The molecular formula is C11H8N4S. The van der Waals surface area contributed by atoms with E-state index in [9.17, 15) is 0 Å². The van der Waals surface area contributed by atoms with E-state index in [4.69, 9.17) is 17.5 Å². The van der Waals surface area contributed by atoms with Crippen LogP contribution in [0.4, 0.5) is 0 Å². The van der Waals surface area contributed by atoms with Crippen molar-refractivity contribution in [1.82, 2.24) is 15.0 Å². The summed E-state index contributed by atoms with van der Waals surface area (Å²) in [6.07, 6.45) is 3.20. The monoisotopic (exact) mass is 228 g/mol. The molecule has 0 unspecified atom stereocenters. The first-order valence-electron chi connectivity index (χ1n) is 4.62. The van der Waals surface area contributed by atoms with E-state index in [1.165, 1.54) is 6.20 Å². The van der Waals surface area contributed by atoms with Crippen LogP contribution in [0.1, 0.15) is 11.4 Å². The lowest BCUT2D eigenvalue weighted by Gasteiger charge is -2.02. The maximum absolute atomic E-state index is 8.79. The maximum Gasteiger partial charge on any atom is 0.130 e. The molecule has 16 heavy (non-hydrogen) atoms. The highest BCUT2D eigenvalue weighted by Crippen LogP contribution is 2.16. The van der Waals surface area contributed by atoms with Crippen LogP contribution >= 0.6 is 12.2 Å². The van der Waals surface area contributed by atoms with E-state index in [1.807, 2.05) is 13.0 Å². The number of hydrogen-bond acceptors (Lipinski definition) is 4. The number of nitrogens with one attached hydrogen (secondary N) is 1. The SMILES string of the molecule is Cc1nc(=S)cc(-c2cncc(C#N)c2)[nH]1. The standard InChI is InChI=1S/C11H8N4S/c1-7-14-10(3-11(16)15-7)9-2-8(4-12)5-13-6-9/h2-3,5-6H,1H3,(H,14,15,16). The Hall–Kier alpha value is -2.06. The Morgan fingerprint density at radius 3 is 2.88 bits per heavy atom. The van der Waals surface area contributed by atoms with E-state index in [0.29, 0.717) is 10.2 Å². The second kappa shape index (κ2) is 4.21. The normalized spacial score (nSPS) is 9.75. The lowest BCUT2D eigenvalue weighted by Crippen LogP contribution is -1.92. The lowest BCUT2D eigenvalue weighted by molar-refractivity contribution is 1.04. The molecule has 78 valence electrons. The molecule has 0 bridgehead atoms. The number of nitriles is 1. The maximum atomic E-state index is 8.79. The zero-order valence-corrected chi connectivity index (χ0v) is 9.38. The summed E-state index contributed by atoms with van der Waals surface area (Å²) in [5, 5.41) is 8.79. The van der Waals surface area contributed by atoms with Crippen LogP contribution in [0.25, 0.3) is 11.3 Å². The Morgan fingerprint density at radius 2 is 2.19 bits per heavy atom. The highest BCUT2D eigenvalue weighted by Gasteiger charge is 2.01. The van der Waals surface area contributed by atoms with Gasteiger partial charge in [-0.2, -0.15) is 5.26 Å². The molecule has 0 aliphatic carbocycles. The van der Waals surface area contributed by atoms with Gasteiger partial charge in [-0.1, -0.05) is 12.2 Å². The fourth-order valence-corrected chi connectivity index (χ4v) is 1.64. The van der Waals surface area contributed by atoms with E-state index < -0.39 is 0 Å². The fourth-order valence-electron chi connectivity index (χ4n) is 1.38.